The van der Waals surface area contributed by atoms with E-state index in [1.165, 1.54) is 15.9 Å². The monoisotopic (exact) mass is 418 g/mol. The van der Waals surface area contributed by atoms with Crippen molar-refractivity contribution >= 4 is 45.9 Å². The van der Waals surface area contributed by atoms with Gasteiger partial charge in [0.25, 0.3) is 0 Å². The maximum Gasteiger partial charge on any atom is 0.194 e. The second-order valence-corrected chi connectivity index (χ2v) is 12.7. The third-order valence-corrected chi connectivity index (χ3v) is 9.72. The maximum absolute atomic E-state index is 13.1. The van der Waals surface area contributed by atoms with Crippen LogP contribution in [0, 0.1) is 0 Å². The second kappa shape index (κ2) is 5.12. The molecule has 0 saturated carbocycles. The highest BCUT2D eigenvalue weighted by atomic mass is 79.9. The molecule has 0 aromatic heterocycles. The Morgan fingerprint density at radius 1 is 0.654 bits per heavy atom. The molecule has 0 saturated heterocycles. The number of hydrogen-bond acceptors (Lipinski definition) is 2. The standard InChI is InChI=1S/C22H15BrO2Si/c1-26(2)19-6-4-3-5-13(19)15-10-17-18(11-20(15)26)22(25)16-9-12(23)7-8-14(16)21(17)24/h3-11H,1-2H3. The van der Waals surface area contributed by atoms with Gasteiger partial charge in [0.15, 0.2) is 11.6 Å². The lowest BCUT2D eigenvalue weighted by Crippen LogP contribution is -2.49. The summed E-state index contributed by atoms with van der Waals surface area (Å²) in [6, 6.07) is 17.7. The fraction of sp³-hybridized carbons (Fsp3) is 0.0909. The smallest absolute Gasteiger partial charge is 0.194 e. The number of benzene rings is 3. The summed E-state index contributed by atoms with van der Waals surface area (Å²) in [5.41, 5.74) is 4.40. The Labute approximate surface area is 161 Å². The summed E-state index contributed by atoms with van der Waals surface area (Å²) >= 11 is 3.41. The Morgan fingerprint density at radius 2 is 1.31 bits per heavy atom. The molecule has 2 nitrogen and oxygen atoms in total. The van der Waals surface area contributed by atoms with Crippen molar-refractivity contribution < 1.29 is 9.59 Å². The van der Waals surface area contributed by atoms with Gasteiger partial charge in [0, 0.05) is 26.7 Å². The van der Waals surface area contributed by atoms with Crippen LogP contribution in [0.2, 0.25) is 13.1 Å². The summed E-state index contributed by atoms with van der Waals surface area (Å²) in [6.07, 6.45) is 0. The van der Waals surface area contributed by atoms with E-state index in [-0.39, 0.29) is 11.6 Å². The van der Waals surface area contributed by atoms with E-state index in [0.29, 0.717) is 22.3 Å². The van der Waals surface area contributed by atoms with Gasteiger partial charge in [0.2, 0.25) is 0 Å². The molecular weight excluding hydrogens is 404 g/mol. The molecule has 4 heteroatoms. The van der Waals surface area contributed by atoms with Crippen molar-refractivity contribution in [3.05, 3.63) is 81.3 Å². The van der Waals surface area contributed by atoms with Gasteiger partial charge in [-0.2, -0.15) is 0 Å². The van der Waals surface area contributed by atoms with Gasteiger partial charge in [-0.05, 0) is 45.8 Å². The largest absolute Gasteiger partial charge is 0.289 e. The van der Waals surface area contributed by atoms with Crippen molar-refractivity contribution in [1.29, 1.82) is 0 Å². The van der Waals surface area contributed by atoms with Crippen LogP contribution in [-0.4, -0.2) is 19.6 Å². The number of rotatable bonds is 0. The minimum Gasteiger partial charge on any atom is -0.289 e. The summed E-state index contributed by atoms with van der Waals surface area (Å²) in [6.45, 7) is 4.62. The molecule has 2 aliphatic rings. The van der Waals surface area contributed by atoms with E-state index >= 15 is 0 Å². The zero-order valence-corrected chi connectivity index (χ0v) is 17.0. The van der Waals surface area contributed by atoms with Gasteiger partial charge in [-0.1, -0.05) is 59.4 Å². The molecule has 3 aromatic rings. The van der Waals surface area contributed by atoms with Crippen LogP contribution in [-0.2, 0) is 0 Å². The highest BCUT2D eigenvalue weighted by Crippen LogP contribution is 2.35. The fourth-order valence-electron chi connectivity index (χ4n) is 4.32. The molecule has 1 aliphatic carbocycles. The second-order valence-electron chi connectivity index (χ2n) is 7.46. The van der Waals surface area contributed by atoms with Gasteiger partial charge >= 0.3 is 0 Å². The van der Waals surface area contributed by atoms with Gasteiger partial charge in [0.05, 0.1) is 0 Å². The molecule has 0 spiro atoms. The van der Waals surface area contributed by atoms with Crippen LogP contribution < -0.4 is 10.4 Å². The molecule has 26 heavy (non-hydrogen) atoms. The molecule has 0 atom stereocenters. The topological polar surface area (TPSA) is 34.1 Å². The summed E-state index contributed by atoms with van der Waals surface area (Å²) in [4.78, 5) is 26.2. The van der Waals surface area contributed by atoms with Crippen LogP contribution in [0.15, 0.2) is 59.1 Å². The predicted octanol–water partition coefficient (Wildman–Crippen LogP) is 4.03. The van der Waals surface area contributed by atoms with E-state index < -0.39 is 8.07 Å². The molecule has 0 radical (unpaired) electrons. The number of halogens is 1. The van der Waals surface area contributed by atoms with Crippen LogP contribution in [0.5, 0.6) is 0 Å². The average molecular weight is 419 g/mol. The fourth-order valence-corrected chi connectivity index (χ4v) is 7.76. The maximum atomic E-state index is 13.1. The predicted molar refractivity (Wildman–Crippen MR) is 110 cm³/mol. The summed E-state index contributed by atoms with van der Waals surface area (Å²) in [7, 11) is -1.87. The number of fused-ring (bicyclic) bond motifs is 5. The van der Waals surface area contributed by atoms with Crippen molar-refractivity contribution in [2.24, 2.45) is 0 Å². The highest BCUT2D eigenvalue weighted by molar-refractivity contribution is 9.10. The van der Waals surface area contributed by atoms with E-state index in [1.807, 2.05) is 24.3 Å². The van der Waals surface area contributed by atoms with E-state index in [9.17, 15) is 9.59 Å². The molecular formula is C22H15BrO2Si. The molecule has 1 heterocycles. The molecule has 0 N–H and O–H groups in total. The molecule has 1 aliphatic heterocycles. The zero-order valence-electron chi connectivity index (χ0n) is 14.4. The first-order chi connectivity index (χ1) is 12.4. The summed E-state index contributed by atoms with van der Waals surface area (Å²) in [5, 5.41) is 2.62. The Bertz CT molecular complexity index is 1160. The molecule has 3 aromatic carbocycles. The van der Waals surface area contributed by atoms with Crippen molar-refractivity contribution in [2.75, 3.05) is 0 Å². The van der Waals surface area contributed by atoms with Crippen LogP contribution in [0.25, 0.3) is 11.1 Å². The quantitative estimate of drug-likeness (QED) is 0.404. The number of carbonyl (C=O) groups is 2. The van der Waals surface area contributed by atoms with Crippen molar-refractivity contribution in [3.63, 3.8) is 0 Å². The van der Waals surface area contributed by atoms with Crippen LogP contribution >= 0.6 is 15.9 Å². The van der Waals surface area contributed by atoms with Gasteiger partial charge in [0.1, 0.15) is 8.07 Å². The van der Waals surface area contributed by atoms with Gasteiger partial charge in [-0.15, -0.1) is 0 Å². The summed E-state index contributed by atoms with van der Waals surface area (Å²) < 4.78 is 0.809. The lowest BCUT2D eigenvalue weighted by Gasteiger charge is -2.22. The first-order valence-electron chi connectivity index (χ1n) is 8.57. The number of hydrogen-bond donors (Lipinski definition) is 0. The average Bonchev–Trinajstić information content (AvgIpc) is 2.86. The van der Waals surface area contributed by atoms with E-state index in [4.69, 9.17) is 0 Å². The third kappa shape index (κ3) is 1.91. The van der Waals surface area contributed by atoms with Gasteiger partial charge < -0.3 is 0 Å². The molecule has 0 unspecified atom stereocenters. The van der Waals surface area contributed by atoms with Crippen molar-refractivity contribution in [1.82, 2.24) is 0 Å². The van der Waals surface area contributed by atoms with Crippen molar-refractivity contribution in [2.45, 2.75) is 13.1 Å². The van der Waals surface area contributed by atoms with Crippen molar-refractivity contribution in [3.8, 4) is 11.1 Å². The van der Waals surface area contributed by atoms with E-state index in [2.05, 4.69) is 47.2 Å². The molecule has 0 amide bonds. The first-order valence-corrected chi connectivity index (χ1v) is 12.4. The lowest BCUT2D eigenvalue weighted by atomic mass is 9.83. The van der Waals surface area contributed by atoms with E-state index in [0.717, 1.165) is 10.0 Å². The van der Waals surface area contributed by atoms with E-state index in [1.54, 1.807) is 12.1 Å². The minimum absolute atomic E-state index is 0.0561. The first kappa shape index (κ1) is 15.9. The highest BCUT2D eigenvalue weighted by Gasteiger charge is 2.40. The zero-order chi connectivity index (χ0) is 18.2. The molecule has 0 bridgehead atoms. The number of ketones is 2. The molecule has 0 fully saturated rings. The normalized spacial score (nSPS) is 16.0. The minimum atomic E-state index is -1.87. The van der Waals surface area contributed by atoms with Crippen LogP contribution in [0.1, 0.15) is 31.8 Å². The Morgan fingerprint density at radius 3 is 2.12 bits per heavy atom. The van der Waals surface area contributed by atoms with Crippen LogP contribution in [0.4, 0.5) is 0 Å². The SMILES string of the molecule is C[Si]1(C)c2ccccc2-c2cc3c(cc21)C(=O)c1cc(Br)ccc1C3=O. The Hall–Kier alpha value is -2.30. The van der Waals surface area contributed by atoms with Gasteiger partial charge in [-0.25, -0.2) is 0 Å². The van der Waals surface area contributed by atoms with Crippen LogP contribution in [0.3, 0.4) is 0 Å². The Balaban J connectivity index is 1.82. The molecule has 126 valence electrons. The lowest BCUT2D eigenvalue weighted by molar-refractivity contribution is 0.0979. The summed E-state index contributed by atoms with van der Waals surface area (Å²) in [5.74, 6) is -0.117. The number of carbonyl (C=O) groups excluding carboxylic acids is 2. The Kier molecular flexibility index (Phi) is 3.13. The van der Waals surface area contributed by atoms with Gasteiger partial charge in [-0.3, -0.25) is 9.59 Å². The third-order valence-electron chi connectivity index (χ3n) is 5.68. The molecule has 5 rings (SSSR count).